The van der Waals surface area contributed by atoms with Crippen LogP contribution >= 0.6 is 0 Å². The van der Waals surface area contributed by atoms with E-state index in [1.54, 1.807) is 0 Å². The summed E-state index contributed by atoms with van der Waals surface area (Å²) in [6, 6.07) is 20.3. The summed E-state index contributed by atoms with van der Waals surface area (Å²) >= 11 is 0. The van der Waals surface area contributed by atoms with Gasteiger partial charge in [-0.3, -0.25) is 10.1 Å². The maximum atomic E-state index is 12.1. The van der Waals surface area contributed by atoms with Crippen LogP contribution in [0.4, 0.5) is 5.69 Å². The van der Waals surface area contributed by atoms with Crippen molar-refractivity contribution in [3.8, 4) is 5.75 Å². The van der Waals surface area contributed by atoms with Gasteiger partial charge in [-0.15, -0.1) is 0 Å². The number of nitro benzene ring substituents is 1. The lowest BCUT2D eigenvalue weighted by Crippen LogP contribution is -2.09. The van der Waals surface area contributed by atoms with E-state index in [4.69, 9.17) is 9.47 Å². The van der Waals surface area contributed by atoms with E-state index in [9.17, 15) is 19.7 Å². The average Bonchev–Trinajstić information content (AvgIpc) is 2.73. The second-order valence-corrected chi connectivity index (χ2v) is 5.78. The molecular formula is C21H15NO6. The number of nitro groups is 1. The molecule has 7 nitrogen and oxygen atoms in total. The Kier molecular flexibility index (Phi) is 5.76. The number of hydrogen-bond acceptors (Lipinski definition) is 6. The summed E-state index contributed by atoms with van der Waals surface area (Å²) in [5.74, 6) is -0.908. The van der Waals surface area contributed by atoms with Crippen LogP contribution in [0.2, 0.25) is 0 Å². The Hall–Kier alpha value is -4.00. The topological polar surface area (TPSA) is 95.7 Å². The number of nitrogens with zero attached hydrogens (tertiary/aromatic N) is 1. The number of benzene rings is 3. The SMILES string of the molecule is O=C(OCc1ccccc1)c1ccc(OC(=O)c2ccc([N+](=O)[O-])cc2)cc1. The second kappa shape index (κ2) is 8.59. The fourth-order valence-electron chi connectivity index (χ4n) is 2.35. The smallest absolute Gasteiger partial charge is 0.343 e. The molecule has 0 amide bonds. The molecule has 0 saturated heterocycles. The minimum atomic E-state index is -0.658. The molecule has 0 N–H and O–H groups in total. The summed E-state index contributed by atoms with van der Waals surface area (Å²) < 4.78 is 10.4. The number of carbonyl (C=O) groups excluding carboxylic acids is 2. The molecule has 140 valence electrons. The lowest BCUT2D eigenvalue weighted by Gasteiger charge is -2.07. The Bertz CT molecular complexity index is 982. The Morgan fingerprint density at radius 3 is 1.96 bits per heavy atom. The van der Waals surface area contributed by atoms with Crippen molar-refractivity contribution < 1.29 is 24.0 Å². The first-order valence-electron chi connectivity index (χ1n) is 8.31. The highest BCUT2D eigenvalue weighted by Crippen LogP contribution is 2.17. The largest absolute Gasteiger partial charge is 0.457 e. The van der Waals surface area contributed by atoms with Gasteiger partial charge in [0.05, 0.1) is 16.1 Å². The van der Waals surface area contributed by atoms with Gasteiger partial charge in [-0.2, -0.15) is 0 Å². The first-order valence-corrected chi connectivity index (χ1v) is 8.31. The van der Waals surface area contributed by atoms with E-state index in [1.165, 1.54) is 48.5 Å². The third-order valence-corrected chi connectivity index (χ3v) is 3.83. The molecule has 0 aliphatic rings. The minimum absolute atomic E-state index is 0.116. The van der Waals surface area contributed by atoms with Gasteiger partial charge in [-0.25, -0.2) is 9.59 Å². The van der Waals surface area contributed by atoms with Gasteiger partial charge in [-0.1, -0.05) is 30.3 Å². The second-order valence-electron chi connectivity index (χ2n) is 5.78. The van der Waals surface area contributed by atoms with Gasteiger partial charge < -0.3 is 9.47 Å². The van der Waals surface area contributed by atoms with Crippen molar-refractivity contribution in [3.05, 3.63) is 106 Å². The third kappa shape index (κ3) is 4.79. The number of ether oxygens (including phenoxy) is 2. The normalized spacial score (nSPS) is 10.1. The van der Waals surface area contributed by atoms with Crippen molar-refractivity contribution in [1.82, 2.24) is 0 Å². The lowest BCUT2D eigenvalue weighted by atomic mass is 10.2. The Balaban J connectivity index is 1.58. The number of rotatable bonds is 6. The van der Waals surface area contributed by atoms with Crippen molar-refractivity contribution in [3.63, 3.8) is 0 Å². The predicted molar refractivity (Wildman–Crippen MR) is 100 cm³/mol. The van der Waals surface area contributed by atoms with Crippen LogP contribution in [0.15, 0.2) is 78.9 Å². The van der Waals surface area contributed by atoms with E-state index in [0.29, 0.717) is 5.56 Å². The zero-order chi connectivity index (χ0) is 19.9. The van der Waals surface area contributed by atoms with Crippen molar-refractivity contribution in [1.29, 1.82) is 0 Å². The fraction of sp³-hybridized carbons (Fsp3) is 0.0476. The monoisotopic (exact) mass is 377 g/mol. The van der Waals surface area contributed by atoms with E-state index < -0.39 is 16.9 Å². The van der Waals surface area contributed by atoms with E-state index in [1.807, 2.05) is 30.3 Å². The molecule has 3 rings (SSSR count). The molecular weight excluding hydrogens is 362 g/mol. The first kappa shape index (κ1) is 18.8. The average molecular weight is 377 g/mol. The zero-order valence-electron chi connectivity index (χ0n) is 14.6. The highest BCUT2D eigenvalue weighted by atomic mass is 16.6. The maximum absolute atomic E-state index is 12.1. The van der Waals surface area contributed by atoms with Crippen molar-refractivity contribution in [2.75, 3.05) is 0 Å². The quantitative estimate of drug-likeness (QED) is 0.277. The molecule has 0 unspecified atom stereocenters. The molecule has 0 radical (unpaired) electrons. The molecule has 3 aromatic rings. The van der Waals surface area contributed by atoms with Crippen LogP contribution in [0.5, 0.6) is 5.75 Å². The van der Waals surface area contributed by atoms with Gasteiger partial charge in [-0.05, 0) is 42.0 Å². The van der Waals surface area contributed by atoms with Crippen LogP contribution < -0.4 is 4.74 Å². The van der Waals surface area contributed by atoms with Crippen LogP contribution in [-0.4, -0.2) is 16.9 Å². The van der Waals surface area contributed by atoms with Crippen LogP contribution in [0.25, 0.3) is 0 Å². The molecule has 0 bridgehead atoms. The first-order chi connectivity index (χ1) is 13.5. The van der Waals surface area contributed by atoms with Crippen LogP contribution in [-0.2, 0) is 11.3 Å². The highest BCUT2D eigenvalue weighted by Gasteiger charge is 2.13. The predicted octanol–water partition coefficient (Wildman–Crippen LogP) is 4.17. The van der Waals surface area contributed by atoms with Gasteiger partial charge in [0.15, 0.2) is 0 Å². The maximum Gasteiger partial charge on any atom is 0.343 e. The Labute approximate surface area is 160 Å². The number of esters is 2. The molecule has 7 heteroatoms. The Morgan fingerprint density at radius 1 is 0.786 bits per heavy atom. The molecule has 0 aliphatic carbocycles. The summed E-state index contributed by atoms with van der Waals surface area (Å²) in [6.07, 6.45) is 0. The van der Waals surface area contributed by atoms with Gasteiger partial charge in [0.25, 0.3) is 5.69 Å². The van der Waals surface area contributed by atoms with Crippen molar-refractivity contribution in [2.45, 2.75) is 6.61 Å². The van der Waals surface area contributed by atoms with E-state index in [0.717, 1.165) is 5.56 Å². The van der Waals surface area contributed by atoms with Crippen LogP contribution in [0, 0.1) is 10.1 Å². The standard InChI is InChI=1S/C21H15NO6/c23-20(27-14-15-4-2-1-3-5-15)16-8-12-19(13-9-16)28-21(24)17-6-10-18(11-7-17)22(25)26/h1-13H,14H2. The zero-order valence-corrected chi connectivity index (χ0v) is 14.6. The summed E-state index contributed by atoms with van der Waals surface area (Å²) in [5, 5.41) is 10.6. The molecule has 28 heavy (non-hydrogen) atoms. The third-order valence-electron chi connectivity index (χ3n) is 3.83. The summed E-state index contributed by atoms with van der Waals surface area (Å²) in [6.45, 7) is 0.163. The van der Waals surface area contributed by atoms with Crippen molar-refractivity contribution in [2.24, 2.45) is 0 Å². The van der Waals surface area contributed by atoms with Gasteiger partial charge in [0.2, 0.25) is 0 Å². The lowest BCUT2D eigenvalue weighted by molar-refractivity contribution is -0.384. The molecule has 0 aromatic heterocycles. The minimum Gasteiger partial charge on any atom is -0.457 e. The summed E-state index contributed by atoms with van der Waals surface area (Å²) in [4.78, 5) is 34.3. The van der Waals surface area contributed by atoms with E-state index >= 15 is 0 Å². The van der Waals surface area contributed by atoms with Gasteiger partial charge in [0.1, 0.15) is 12.4 Å². The van der Waals surface area contributed by atoms with Gasteiger partial charge >= 0.3 is 11.9 Å². The molecule has 0 aliphatic heterocycles. The number of hydrogen-bond donors (Lipinski definition) is 0. The number of non-ortho nitro benzene ring substituents is 1. The molecule has 0 heterocycles. The summed E-state index contributed by atoms with van der Waals surface area (Å²) in [5.41, 5.74) is 1.27. The molecule has 0 spiro atoms. The fourth-order valence-corrected chi connectivity index (χ4v) is 2.35. The van der Waals surface area contributed by atoms with Crippen LogP contribution in [0.3, 0.4) is 0 Å². The van der Waals surface area contributed by atoms with E-state index in [2.05, 4.69) is 0 Å². The summed E-state index contributed by atoms with van der Waals surface area (Å²) in [7, 11) is 0. The van der Waals surface area contributed by atoms with Crippen molar-refractivity contribution >= 4 is 17.6 Å². The van der Waals surface area contributed by atoms with E-state index in [-0.39, 0.29) is 23.6 Å². The van der Waals surface area contributed by atoms with Gasteiger partial charge in [0, 0.05) is 12.1 Å². The molecule has 0 atom stereocenters. The number of carbonyl (C=O) groups is 2. The molecule has 0 fully saturated rings. The highest BCUT2D eigenvalue weighted by molar-refractivity contribution is 5.92. The Morgan fingerprint density at radius 2 is 1.36 bits per heavy atom. The van der Waals surface area contributed by atoms with Crippen LogP contribution in [0.1, 0.15) is 26.3 Å². The molecule has 0 saturated carbocycles. The molecule has 3 aromatic carbocycles.